The predicted molar refractivity (Wildman–Crippen MR) is 73.2 cm³/mol. The molecule has 6 heteroatoms. The summed E-state index contributed by atoms with van der Waals surface area (Å²) in [6.07, 6.45) is 2.17. The number of halogens is 3. The van der Waals surface area contributed by atoms with Crippen molar-refractivity contribution in [2.24, 2.45) is 0 Å². The molecule has 1 fully saturated rings. The van der Waals surface area contributed by atoms with E-state index in [0.29, 0.717) is 33.0 Å². The highest BCUT2D eigenvalue weighted by molar-refractivity contribution is 9.10. The second kappa shape index (κ2) is 5.06. The fourth-order valence-electron chi connectivity index (χ4n) is 1.65. The van der Waals surface area contributed by atoms with E-state index in [9.17, 15) is 4.39 Å². The summed E-state index contributed by atoms with van der Waals surface area (Å²) >= 11 is 9.05. The van der Waals surface area contributed by atoms with E-state index >= 15 is 0 Å². The molecule has 1 aliphatic rings. The SMILES string of the molecule is Fc1ccc(Oc2cc(Cl)nc(C3CC3)n2)cc1Br. The van der Waals surface area contributed by atoms with Crippen LogP contribution in [0.3, 0.4) is 0 Å². The molecule has 19 heavy (non-hydrogen) atoms. The molecule has 1 aromatic carbocycles. The van der Waals surface area contributed by atoms with Crippen LogP contribution in [0.4, 0.5) is 4.39 Å². The molecule has 3 rings (SSSR count). The van der Waals surface area contributed by atoms with Crippen molar-refractivity contribution >= 4 is 27.5 Å². The summed E-state index contributed by atoms with van der Waals surface area (Å²) < 4.78 is 19.1. The lowest BCUT2D eigenvalue weighted by atomic mass is 10.3. The quantitative estimate of drug-likeness (QED) is 0.758. The maximum absolute atomic E-state index is 13.1. The second-order valence-electron chi connectivity index (χ2n) is 4.34. The first-order valence-corrected chi connectivity index (χ1v) is 6.96. The zero-order chi connectivity index (χ0) is 13.4. The molecule has 0 spiro atoms. The predicted octanol–water partition coefficient (Wildman–Crippen LogP) is 4.70. The molecule has 0 saturated heterocycles. The van der Waals surface area contributed by atoms with Crippen molar-refractivity contribution in [2.75, 3.05) is 0 Å². The molecule has 0 bridgehead atoms. The van der Waals surface area contributed by atoms with E-state index in [0.717, 1.165) is 12.8 Å². The van der Waals surface area contributed by atoms with Crippen LogP contribution in [0.15, 0.2) is 28.7 Å². The van der Waals surface area contributed by atoms with Crippen LogP contribution in [0.2, 0.25) is 5.15 Å². The van der Waals surface area contributed by atoms with Gasteiger partial charge in [-0.15, -0.1) is 0 Å². The molecule has 1 saturated carbocycles. The Morgan fingerprint density at radius 1 is 1.26 bits per heavy atom. The minimum absolute atomic E-state index is 0.340. The minimum atomic E-state index is -0.341. The molecule has 3 nitrogen and oxygen atoms in total. The summed E-state index contributed by atoms with van der Waals surface area (Å²) in [5, 5.41) is 0.355. The summed E-state index contributed by atoms with van der Waals surface area (Å²) in [6.45, 7) is 0. The first-order chi connectivity index (χ1) is 9.11. The van der Waals surface area contributed by atoms with Crippen LogP contribution in [-0.2, 0) is 0 Å². The second-order valence-corrected chi connectivity index (χ2v) is 5.58. The highest BCUT2D eigenvalue weighted by Crippen LogP contribution is 2.39. The highest BCUT2D eigenvalue weighted by Gasteiger charge is 2.27. The molecule has 0 aliphatic heterocycles. The van der Waals surface area contributed by atoms with E-state index in [-0.39, 0.29) is 5.82 Å². The van der Waals surface area contributed by atoms with Crippen LogP contribution in [0, 0.1) is 5.82 Å². The maximum Gasteiger partial charge on any atom is 0.224 e. The third-order valence-electron chi connectivity index (χ3n) is 2.74. The van der Waals surface area contributed by atoms with Crippen molar-refractivity contribution in [3.8, 4) is 11.6 Å². The summed E-state index contributed by atoms with van der Waals surface area (Å²) in [4.78, 5) is 8.49. The van der Waals surface area contributed by atoms with Crippen LogP contribution in [0.1, 0.15) is 24.6 Å². The van der Waals surface area contributed by atoms with E-state index in [1.54, 1.807) is 12.1 Å². The first-order valence-electron chi connectivity index (χ1n) is 5.79. The van der Waals surface area contributed by atoms with Crippen LogP contribution in [-0.4, -0.2) is 9.97 Å². The van der Waals surface area contributed by atoms with Gasteiger partial charge in [0.2, 0.25) is 5.88 Å². The van der Waals surface area contributed by atoms with E-state index in [4.69, 9.17) is 16.3 Å². The van der Waals surface area contributed by atoms with Gasteiger partial charge in [0.05, 0.1) is 4.47 Å². The van der Waals surface area contributed by atoms with Gasteiger partial charge in [-0.1, -0.05) is 11.6 Å². The van der Waals surface area contributed by atoms with Crippen LogP contribution in [0.25, 0.3) is 0 Å². The fourth-order valence-corrected chi connectivity index (χ4v) is 2.19. The number of rotatable bonds is 3. The number of hydrogen-bond donors (Lipinski definition) is 0. The molecule has 0 atom stereocenters. The van der Waals surface area contributed by atoms with Gasteiger partial charge in [-0.05, 0) is 47.0 Å². The zero-order valence-electron chi connectivity index (χ0n) is 9.74. The topological polar surface area (TPSA) is 35.0 Å². The molecule has 0 radical (unpaired) electrons. The van der Waals surface area contributed by atoms with Crippen molar-refractivity contribution in [3.63, 3.8) is 0 Å². The number of ether oxygens (including phenoxy) is 1. The van der Waals surface area contributed by atoms with Crippen molar-refractivity contribution < 1.29 is 9.13 Å². The third kappa shape index (κ3) is 3.04. The van der Waals surface area contributed by atoms with E-state index in [2.05, 4.69) is 25.9 Å². The Hall–Kier alpha value is -1.20. The van der Waals surface area contributed by atoms with Gasteiger partial charge in [0.15, 0.2) is 0 Å². The molecule has 2 aromatic rings. The molecule has 1 heterocycles. The number of aromatic nitrogens is 2. The van der Waals surface area contributed by atoms with Gasteiger partial charge >= 0.3 is 0 Å². The summed E-state index contributed by atoms with van der Waals surface area (Å²) in [5.41, 5.74) is 0. The normalized spacial score (nSPS) is 14.5. The Labute approximate surface area is 122 Å². The molecule has 1 aromatic heterocycles. The molecule has 0 N–H and O–H groups in total. The first kappa shape index (κ1) is 12.8. The van der Waals surface area contributed by atoms with Crippen LogP contribution < -0.4 is 4.74 Å². The van der Waals surface area contributed by atoms with Gasteiger partial charge in [-0.2, -0.15) is 4.98 Å². The largest absolute Gasteiger partial charge is 0.439 e. The lowest BCUT2D eigenvalue weighted by Crippen LogP contribution is -1.96. The number of benzene rings is 1. The van der Waals surface area contributed by atoms with Gasteiger partial charge in [-0.3, -0.25) is 0 Å². The van der Waals surface area contributed by atoms with Gasteiger partial charge in [0, 0.05) is 12.0 Å². The molecule has 98 valence electrons. The lowest BCUT2D eigenvalue weighted by Gasteiger charge is -2.07. The Balaban J connectivity index is 1.87. The molecule has 1 aliphatic carbocycles. The van der Waals surface area contributed by atoms with Gasteiger partial charge in [-0.25, -0.2) is 9.37 Å². The van der Waals surface area contributed by atoms with E-state index < -0.39 is 0 Å². The van der Waals surface area contributed by atoms with Crippen molar-refractivity contribution in [2.45, 2.75) is 18.8 Å². The van der Waals surface area contributed by atoms with Crippen molar-refractivity contribution in [1.29, 1.82) is 0 Å². The van der Waals surface area contributed by atoms with E-state index in [1.165, 1.54) is 12.1 Å². The van der Waals surface area contributed by atoms with Crippen LogP contribution >= 0.6 is 27.5 Å². The van der Waals surface area contributed by atoms with Crippen molar-refractivity contribution in [1.82, 2.24) is 9.97 Å². The zero-order valence-corrected chi connectivity index (χ0v) is 12.1. The number of hydrogen-bond acceptors (Lipinski definition) is 3. The fraction of sp³-hybridized carbons (Fsp3) is 0.231. The van der Waals surface area contributed by atoms with E-state index in [1.807, 2.05) is 0 Å². The monoisotopic (exact) mass is 342 g/mol. The molecular weight excluding hydrogens is 335 g/mol. The Kier molecular flexibility index (Phi) is 3.41. The molecule has 0 amide bonds. The lowest BCUT2D eigenvalue weighted by molar-refractivity contribution is 0.456. The third-order valence-corrected chi connectivity index (χ3v) is 3.55. The van der Waals surface area contributed by atoms with Gasteiger partial charge in [0.25, 0.3) is 0 Å². The summed E-state index contributed by atoms with van der Waals surface area (Å²) in [6, 6.07) is 5.95. The standard InChI is InChI=1S/C13H9BrClFN2O/c14-9-5-8(3-4-10(9)16)19-12-6-11(15)17-13(18-12)7-1-2-7/h3-7H,1-2H2. The van der Waals surface area contributed by atoms with Crippen LogP contribution in [0.5, 0.6) is 11.6 Å². The number of nitrogens with zero attached hydrogens (tertiary/aromatic N) is 2. The summed E-state index contributed by atoms with van der Waals surface area (Å²) in [5.74, 6) is 1.63. The maximum atomic E-state index is 13.1. The van der Waals surface area contributed by atoms with Crippen molar-refractivity contribution in [3.05, 3.63) is 45.5 Å². The van der Waals surface area contributed by atoms with Gasteiger partial charge in [0.1, 0.15) is 22.5 Å². The Bertz CT molecular complexity index is 634. The van der Waals surface area contributed by atoms with Gasteiger partial charge < -0.3 is 4.74 Å². The molecular formula is C13H9BrClFN2O. The smallest absolute Gasteiger partial charge is 0.224 e. The summed E-state index contributed by atoms with van der Waals surface area (Å²) in [7, 11) is 0. The highest BCUT2D eigenvalue weighted by atomic mass is 79.9. The average Bonchev–Trinajstić information content (AvgIpc) is 3.17. The Morgan fingerprint density at radius 3 is 2.74 bits per heavy atom. The average molecular weight is 344 g/mol. The Morgan fingerprint density at radius 2 is 2.05 bits per heavy atom. The minimum Gasteiger partial charge on any atom is -0.439 e. The molecule has 0 unspecified atom stereocenters.